The molecule has 0 spiro atoms. The lowest BCUT2D eigenvalue weighted by atomic mass is 10.1. The van der Waals surface area contributed by atoms with Crippen LogP contribution in [-0.2, 0) is 6.54 Å². The second-order valence-corrected chi connectivity index (χ2v) is 7.67. The van der Waals surface area contributed by atoms with Gasteiger partial charge in [0.25, 0.3) is 5.56 Å². The highest BCUT2D eigenvalue weighted by Crippen LogP contribution is 2.30. The molecule has 7 nitrogen and oxygen atoms in total. The van der Waals surface area contributed by atoms with E-state index in [1.54, 1.807) is 48.3 Å². The summed E-state index contributed by atoms with van der Waals surface area (Å²) in [6.07, 6.45) is 2.44. The topological polar surface area (TPSA) is 78.0 Å². The van der Waals surface area contributed by atoms with Crippen LogP contribution >= 0.6 is 15.9 Å². The Labute approximate surface area is 181 Å². The molecule has 30 heavy (non-hydrogen) atoms. The highest BCUT2D eigenvalue weighted by Gasteiger charge is 2.15. The molecule has 2 heterocycles. The standard InChI is InChI=1S/C22H20BrN3O4/c1-29-20-7-6-15(11-21(20)30-2)19(27)13-25-8-9-26-18(22(25)28)12-17(24-26)14-4-3-5-16(23)10-14/h3-12,19,27H,13H2,1-2H3. The van der Waals surface area contributed by atoms with E-state index in [4.69, 9.17) is 9.47 Å². The number of aliphatic hydroxyl groups is 1. The number of rotatable bonds is 6. The van der Waals surface area contributed by atoms with E-state index in [-0.39, 0.29) is 12.1 Å². The Morgan fingerprint density at radius 1 is 1.07 bits per heavy atom. The van der Waals surface area contributed by atoms with E-state index in [9.17, 15) is 9.90 Å². The summed E-state index contributed by atoms with van der Waals surface area (Å²) in [5.41, 5.74) is 2.44. The molecule has 2 aromatic carbocycles. The number of halogens is 1. The average molecular weight is 470 g/mol. The summed E-state index contributed by atoms with van der Waals surface area (Å²) in [7, 11) is 3.09. The van der Waals surface area contributed by atoms with Crippen molar-refractivity contribution in [1.29, 1.82) is 0 Å². The van der Waals surface area contributed by atoms with Crippen molar-refractivity contribution in [3.05, 3.63) is 81.3 Å². The molecule has 0 aliphatic heterocycles. The number of nitrogens with zero attached hydrogens (tertiary/aromatic N) is 3. The predicted octanol–water partition coefficient (Wildman–Crippen LogP) is 3.68. The van der Waals surface area contributed by atoms with Crippen molar-refractivity contribution >= 4 is 21.4 Å². The third-order valence-electron chi connectivity index (χ3n) is 4.89. The SMILES string of the molecule is COc1ccc(C(O)Cn2ccn3nc(-c4cccc(Br)c4)cc3c2=O)cc1OC. The van der Waals surface area contributed by atoms with Crippen LogP contribution in [0.2, 0.25) is 0 Å². The van der Waals surface area contributed by atoms with Crippen molar-refractivity contribution in [3.8, 4) is 22.8 Å². The first-order chi connectivity index (χ1) is 14.5. The van der Waals surface area contributed by atoms with Crippen LogP contribution in [0.5, 0.6) is 11.5 Å². The van der Waals surface area contributed by atoms with E-state index < -0.39 is 6.10 Å². The maximum absolute atomic E-state index is 13.0. The van der Waals surface area contributed by atoms with Gasteiger partial charge in [0.1, 0.15) is 5.52 Å². The zero-order valence-corrected chi connectivity index (χ0v) is 18.0. The first-order valence-corrected chi connectivity index (χ1v) is 10.0. The van der Waals surface area contributed by atoms with Crippen LogP contribution in [0.1, 0.15) is 11.7 Å². The van der Waals surface area contributed by atoms with Crippen LogP contribution in [0.25, 0.3) is 16.8 Å². The molecule has 1 N–H and O–H groups in total. The second-order valence-electron chi connectivity index (χ2n) is 6.76. The zero-order valence-electron chi connectivity index (χ0n) is 16.4. The fraction of sp³-hybridized carbons (Fsp3) is 0.182. The monoisotopic (exact) mass is 469 g/mol. The molecule has 0 aliphatic carbocycles. The molecule has 0 radical (unpaired) electrons. The highest BCUT2D eigenvalue weighted by molar-refractivity contribution is 9.10. The molecule has 0 saturated carbocycles. The Morgan fingerprint density at radius 2 is 1.87 bits per heavy atom. The maximum atomic E-state index is 13.0. The van der Waals surface area contributed by atoms with Crippen LogP contribution in [0, 0.1) is 0 Å². The Hall–Kier alpha value is -3.10. The van der Waals surface area contributed by atoms with Gasteiger partial charge in [0.15, 0.2) is 11.5 Å². The first-order valence-electron chi connectivity index (χ1n) is 9.25. The Balaban J connectivity index is 1.65. The summed E-state index contributed by atoms with van der Waals surface area (Å²) in [4.78, 5) is 13.0. The van der Waals surface area contributed by atoms with Crippen molar-refractivity contribution in [2.75, 3.05) is 14.2 Å². The average Bonchev–Trinajstić information content (AvgIpc) is 3.20. The van der Waals surface area contributed by atoms with Crippen molar-refractivity contribution in [3.63, 3.8) is 0 Å². The van der Waals surface area contributed by atoms with E-state index in [0.717, 1.165) is 10.0 Å². The van der Waals surface area contributed by atoms with Gasteiger partial charge in [-0.1, -0.05) is 34.1 Å². The third kappa shape index (κ3) is 3.83. The lowest BCUT2D eigenvalue weighted by molar-refractivity contribution is 0.154. The maximum Gasteiger partial charge on any atom is 0.276 e. The molecule has 2 aromatic heterocycles. The quantitative estimate of drug-likeness (QED) is 0.465. The fourth-order valence-electron chi connectivity index (χ4n) is 3.31. The minimum atomic E-state index is -0.891. The normalized spacial score (nSPS) is 12.1. The number of benzene rings is 2. The summed E-state index contributed by atoms with van der Waals surface area (Å²) < 4.78 is 14.5. The van der Waals surface area contributed by atoms with Gasteiger partial charge >= 0.3 is 0 Å². The molecule has 0 bridgehead atoms. The van der Waals surface area contributed by atoms with Crippen LogP contribution in [0.15, 0.2) is 70.2 Å². The molecular formula is C22H20BrN3O4. The summed E-state index contributed by atoms with van der Waals surface area (Å²) in [6.45, 7) is 0.0994. The Morgan fingerprint density at radius 3 is 2.60 bits per heavy atom. The zero-order chi connectivity index (χ0) is 21.3. The molecule has 8 heteroatoms. The lowest BCUT2D eigenvalue weighted by Gasteiger charge is -2.15. The minimum Gasteiger partial charge on any atom is -0.493 e. The van der Waals surface area contributed by atoms with Gasteiger partial charge < -0.3 is 19.1 Å². The minimum absolute atomic E-state index is 0.0994. The molecule has 0 amide bonds. The molecule has 4 rings (SSSR count). The van der Waals surface area contributed by atoms with E-state index in [2.05, 4.69) is 21.0 Å². The molecule has 4 aromatic rings. The van der Waals surface area contributed by atoms with Crippen molar-refractivity contribution in [2.24, 2.45) is 0 Å². The number of aromatic nitrogens is 3. The molecule has 0 saturated heterocycles. The number of hydrogen-bond acceptors (Lipinski definition) is 5. The lowest BCUT2D eigenvalue weighted by Crippen LogP contribution is -2.24. The van der Waals surface area contributed by atoms with Gasteiger partial charge in [-0.15, -0.1) is 0 Å². The van der Waals surface area contributed by atoms with Crippen molar-refractivity contribution < 1.29 is 14.6 Å². The van der Waals surface area contributed by atoms with E-state index in [0.29, 0.717) is 28.3 Å². The van der Waals surface area contributed by atoms with Gasteiger partial charge in [0, 0.05) is 22.4 Å². The van der Waals surface area contributed by atoms with Gasteiger partial charge in [-0.25, -0.2) is 4.52 Å². The summed E-state index contributed by atoms with van der Waals surface area (Å²) >= 11 is 3.45. The molecule has 1 atom stereocenters. The van der Waals surface area contributed by atoms with Crippen molar-refractivity contribution in [1.82, 2.24) is 14.2 Å². The highest BCUT2D eigenvalue weighted by atomic mass is 79.9. The van der Waals surface area contributed by atoms with Gasteiger partial charge in [-0.3, -0.25) is 4.79 Å². The number of hydrogen-bond donors (Lipinski definition) is 1. The summed E-state index contributed by atoms with van der Waals surface area (Å²) in [5.74, 6) is 1.10. The molecular weight excluding hydrogens is 450 g/mol. The van der Waals surface area contributed by atoms with Gasteiger partial charge in [-0.2, -0.15) is 5.10 Å². The van der Waals surface area contributed by atoms with Crippen LogP contribution in [0.4, 0.5) is 0 Å². The largest absolute Gasteiger partial charge is 0.493 e. The number of aliphatic hydroxyl groups excluding tert-OH is 1. The Kier molecular flexibility index (Phi) is 5.61. The van der Waals surface area contributed by atoms with Crippen LogP contribution in [-0.4, -0.2) is 33.5 Å². The van der Waals surface area contributed by atoms with Crippen LogP contribution < -0.4 is 15.0 Å². The molecule has 1 unspecified atom stereocenters. The smallest absolute Gasteiger partial charge is 0.276 e. The van der Waals surface area contributed by atoms with Gasteiger partial charge in [0.05, 0.1) is 32.6 Å². The molecule has 0 fully saturated rings. The van der Waals surface area contributed by atoms with E-state index >= 15 is 0 Å². The van der Waals surface area contributed by atoms with Gasteiger partial charge in [-0.05, 0) is 35.9 Å². The van der Waals surface area contributed by atoms with Crippen LogP contribution in [0.3, 0.4) is 0 Å². The van der Waals surface area contributed by atoms with E-state index in [1.165, 1.54) is 11.7 Å². The third-order valence-corrected chi connectivity index (χ3v) is 5.38. The fourth-order valence-corrected chi connectivity index (χ4v) is 3.71. The molecule has 154 valence electrons. The molecule has 0 aliphatic rings. The van der Waals surface area contributed by atoms with Crippen molar-refractivity contribution in [2.45, 2.75) is 12.6 Å². The summed E-state index contributed by atoms with van der Waals surface area (Å²) in [6, 6.07) is 14.7. The Bertz CT molecular complexity index is 1260. The van der Waals surface area contributed by atoms with E-state index in [1.807, 2.05) is 24.3 Å². The predicted molar refractivity (Wildman–Crippen MR) is 117 cm³/mol. The number of fused-ring (bicyclic) bond motifs is 1. The first kappa shape index (κ1) is 20.2. The number of methoxy groups -OCH3 is 2. The summed E-state index contributed by atoms with van der Waals surface area (Å²) in [5, 5.41) is 15.2. The number of ether oxygens (including phenoxy) is 2. The van der Waals surface area contributed by atoms with Gasteiger partial charge in [0.2, 0.25) is 0 Å². The second kappa shape index (κ2) is 8.33.